The fourth-order valence-corrected chi connectivity index (χ4v) is 0. The molecule has 0 atom stereocenters. The first-order valence-electron chi connectivity index (χ1n) is 2.79. The molecule has 92 valence electrons. The Morgan fingerprint density at radius 1 is 0.933 bits per heavy atom. The quantitative estimate of drug-likeness (QED) is 0.175. The van der Waals surface area contributed by atoms with Crippen molar-refractivity contribution in [3.63, 3.8) is 0 Å². The fraction of sp³-hybridized carbons (Fsp3) is 0.333. The minimum Gasteiger partial charge on any atom is -0.303 e. The van der Waals surface area contributed by atoms with Gasteiger partial charge in [-0.15, -0.1) is 0 Å². The van der Waals surface area contributed by atoms with Crippen LogP contribution in [0.15, 0.2) is 0 Å². The highest BCUT2D eigenvalue weighted by Gasteiger charge is 2.00. The number of phosphoric acid groups is 2. The molecule has 0 aliphatic carbocycles. The molecule has 15 heavy (non-hydrogen) atoms. The van der Waals surface area contributed by atoms with Crippen LogP contribution in [0.2, 0.25) is 0 Å². The minimum absolute atomic E-state index is 0.278. The largest absolute Gasteiger partial charge is 0.466 e. The summed E-state index contributed by atoms with van der Waals surface area (Å²) in [5.74, 6) is -0.426. The van der Waals surface area contributed by atoms with Gasteiger partial charge in [0.25, 0.3) is 0 Å². The summed E-state index contributed by atoms with van der Waals surface area (Å²) in [6.45, 7) is 1.22. The lowest BCUT2D eigenvalue weighted by atomic mass is 10.5. The fourth-order valence-electron chi connectivity index (χ4n) is 0. The Morgan fingerprint density at radius 3 is 1.00 bits per heavy atom. The number of rotatable bonds is 1. The van der Waals surface area contributed by atoms with Crippen LogP contribution in [-0.4, -0.2) is 41.4 Å². The van der Waals surface area contributed by atoms with Crippen molar-refractivity contribution in [3.8, 4) is 0 Å². The second-order valence-corrected chi connectivity index (χ2v) is 3.81. The number of hydrogen-bond acceptors (Lipinski definition) is 4. The summed E-state index contributed by atoms with van der Waals surface area (Å²) in [5, 5.41) is 0. The molecule has 0 aliphatic heterocycles. The van der Waals surface area contributed by atoms with Crippen LogP contribution in [0.3, 0.4) is 0 Å². The molecule has 0 radical (unpaired) electrons. The van der Waals surface area contributed by atoms with Gasteiger partial charge in [-0.2, -0.15) is 0 Å². The van der Waals surface area contributed by atoms with Gasteiger partial charge >= 0.3 is 15.6 Å². The van der Waals surface area contributed by atoms with E-state index in [9.17, 15) is 4.79 Å². The van der Waals surface area contributed by atoms with Gasteiger partial charge in [-0.3, -0.25) is 9.59 Å². The van der Waals surface area contributed by atoms with Gasteiger partial charge in [0.15, 0.2) is 12.1 Å². The molecule has 0 bridgehead atoms. The van der Waals surface area contributed by atoms with E-state index >= 15 is 0 Å². The van der Waals surface area contributed by atoms with Crippen LogP contribution in [0.5, 0.6) is 0 Å². The maximum atomic E-state index is 9.44. The highest BCUT2D eigenvalue weighted by molar-refractivity contribution is 7.45. The first-order valence-corrected chi connectivity index (χ1v) is 5.92. The van der Waals surface area contributed by atoms with E-state index < -0.39 is 21.4 Å². The number of ketones is 1. The molecular formula is C3H10O10P2. The first kappa shape index (κ1) is 20.0. The normalized spacial score (nSPS) is 10.1. The van der Waals surface area contributed by atoms with Crippen molar-refractivity contribution in [2.75, 3.05) is 0 Å². The maximum absolute atomic E-state index is 9.44. The number of aldehydes is 1. The Balaban J connectivity index is -0.000000144. The number of carbonyl (C=O) groups excluding carboxylic acids is 2. The lowest BCUT2D eigenvalue weighted by molar-refractivity contribution is -0.128. The molecule has 0 rings (SSSR count). The smallest absolute Gasteiger partial charge is 0.303 e. The van der Waals surface area contributed by atoms with Crippen LogP contribution >= 0.6 is 15.6 Å². The Hall–Kier alpha value is -0.440. The Morgan fingerprint density at radius 2 is 1.00 bits per heavy atom. The Kier molecular flexibility index (Phi) is 11.8. The van der Waals surface area contributed by atoms with E-state index in [4.69, 9.17) is 43.3 Å². The molecule has 12 heteroatoms. The van der Waals surface area contributed by atoms with Crippen LogP contribution in [0.25, 0.3) is 0 Å². The Labute approximate surface area is 83.7 Å². The molecule has 6 N–H and O–H groups in total. The van der Waals surface area contributed by atoms with Gasteiger partial charge in [-0.05, 0) is 0 Å². The SMILES string of the molecule is CC(=O)C=O.O=P(O)(O)O.O=P(O)(O)O. The second kappa shape index (κ2) is 8.84. The summed E-state index contributed by atoms with van der Waals surface area (Å²) in [6.07, 6.45) is 0.278. The molecular weight excluding hydrogens is 258 g/mol. The number of Topliss-reactive ketones (excluding diaryl/α,β-unsaturated/α-hetero) is 1. The molecule has 0 saturated heterocycles. The zero-order valence-electron chi connectivity index (χ0n) is 7.29. The summed E-state index contributed by atoms with van der Waals surface area (Å²) >= 11 is 0. The van der Waals surface area contributed by atoms with Crippen LogP contribution < -0.4 is 0 Å². The van der Waals surface area contributed by atoms with Gasteiger partial charge in [0, 0.05) is 6.92 Å². The molecule has 0 aliphatic rings. The predicted molar refractivity (Wildman–Crippen MR) is 45.3 cm³/mol. The van der Waals surface area contributed by atoms with Crippen molar-refractivity contribution in [3.05, 3.63) is 0 Å². The number of hydrogen-bond donors (Lipinski definition) is 6. The molecule has 0 unspecified atom stereocenters. The predicted octanol–water partition coefficient (Wildman–Crippen LogP) is -2.08. The van der Waals surface area contributed by atoms with Gasteiger partial charge < -0.3 is 29.4 Å². The molecule has 0 aromatic heterocycles. The van der Waals surface area contributed by atoms with E-state index in [2.05, 4.69) is 0 Å². The second-order valence-electron chi connectivity index (χ2n) is 1.76. The van der Waals surface area contributed by atoms with Crippen molar-refractivity contribution in [1.29, 1.82) is 0 Å². The van der Waals surface area contributed by atoms with Crippen LogP contribution in [0.4, 0.5) is 0 Å². The average molecular weight is 268 g/mol. The van der Waals surface area contributed by atoms with E-state index in [-0.39, 0.29) is 6.29 Å². The molecule has 0 amide bonds. The number of carbonyl (C=O) groups is 2. The van der Waals surface area contributed by atoms with Crippen molar-refractivity contribution >= 4 is 27.7 Å². The monoisotopic (exact) mass is 268 g/mol. The first-order chi connectivity index (χ1) is 6.27. The summed E-state index contributed by atoms with van der Waals surface area (Å²) < 4.78 is 17.8. The van der Waals surface area contributed by atoms with Crippen molar-refractivity contribution in [2.24, 2.45) is 0 Å². The van der Waals surface area contributed by atoms with E-state index in [1.807, 2.05) is 0 Å². The van der Waals surface area contributed by atoms with Crippen LogP contribution in [0, 0.1) is 0 Å². The van der Waals surface area contributed by atoms with E-state index in [1.54, 1.807) is 0 Å². The van der Waals surface area contributed by atoms with Gasteiger partial charge in [0.05, 0.1) is 0 Å². The van der Waals surface area contributed by atoms with Crippen LogP contribution in [-0.2, 0) is 18.7 Å². The lowest BCUT2D eigenvalue weighted by Gasteiger charge is -1.82. The molecule has 0 heterocycles. The van der Waals surface area contributed by atoms with E-state index in [0.29, 0.717) is 0 Å². The zero-order chi connectivity index (χ0) is 13.3. The molecule has 0 saturated carbocycles. The summed E-state index contributed by atoms with van der Waals surface area (Å²) in [5.41, 5.74) is 0. The van der Waals surface area contributed by atoms with Crippen LogP contribution in [0.1, 0.15) is 6.92 Å². The molecule has 0 aromatic carbocycles. The standard InChI is InChI=1S/C3H4O2.2H3O4P/c1-3(5)2-4;2*1-5(2,3)4/h2H,1H3;2*(H3,1,2,3,4). The van der Waals surface area contributed by atoms with Gasteiger partial charge in [-0.25, -0.2) is 9.13 Å². The molecule has 10 nitrogen and oxygen atoms in total. The van der Waals surface area contributed by atoms with E-state index in [1.165, 1.54) is 6.92 Å². The third kappa shape index (κ3) is 745. The molecule has 0 fully saturated rings. The summed E-state index contributed by atoms with van der Waals surface area (Å²) in [6, 6.07) is 0. The van der Waals surface area contributed by atoms with Crippen molar-refractivity contribution < 1.29 is 48.1 Å². The van der Waals surface area contributed by atoms with E-state index in [0.717, 1.165) is 0 Å². The maximum Gasteiger partial charge on any atom is 0.466 e. The zero-order valence-corrected chi connectivity index (χ0v) is 9.08. The summed E-state index contributed by atoms with van der Waals surface area (Å²) in [4.78, 5) is 61.7. The van der Waals surface area contributed by atoms with Gasteiger partial charge in [0.2, 0.25) is 0 Å². The van der Waals surface area contributed by atoms with Gasteiger partial charge in [-0.1, -0.05) is 0 Å². The highest BCUT2D eigenvalue weighted by atomic mass is 31.2. The molecule has 0 aromatic rings. The molecule has 0 spiro atoms. The third-order valence-corrected chi connectivity index (χ3v) is 0.166. The van der Waals surface area contributed by atoms with Gasteiger partial charge in [0.1, 0.15) is 0 Å². The van der Waals surface area contributed by atoms with Crippen molar-refractivity contribution in [2.45, 2.75) is 6.92 Å². The summed E-state index contributed by atoms with van der Waals surface area (Å²) in [7, 11) is -9.28. The van der Waals surface area contributed by atoms with Crippen molar-refractivity contribution in [1.82, 2.24) is 0 Å². The highest BCUT2D eigenvalue weighted by Crippen LogP contribution is 2.26. The lowest BCUT2D eigenvalue weighted by Crippen LogP contribution is -1.85. The average Bonchev–Trinajstić information content (AvgIpc) is 1.79. The Bertz CT molecular complexity index is 234. The third-order valence-electron chi connectivity index (χ3n) is 0.166. The topological polar surface area (TPSA) is 190 Å². The minimum atomic E-state index is -4.64.